The lowest BCUT2D eigenvalue weighted by molar-refractivity contribution is -0.138. The summed E-state index contributed by atoms with van der Waals surface area (Å²) >= 11 is 0. The van der Waals surface area contributed by atoms with Crippen LogP contribution in [0.25, 0.3) is 10.8 Å². The van der Waals surface area contributed by atoms with Crippen LogP contribution >= 0.6 is 12.4 Å². The number of halogens is 4. The minimum absolute atomic E-state index is 0. The second-order valence-electron chi connectivity index (χ2n) is 9.59. The van der Waals surface area contributed by atoms with Crippen molar-refractivity contribution in [3.05, 3.63) is 83.4 Å². The molecule has 3 aromatic carbocycles. The number of piperidine rings is 1. The third-order valence-corrected chi connectivity index (χ3v) is 7.08. The molecule has 2 aliphatic rings. The Morgan fingerprint density at radius 3 is 2.35 bits per heavy atom. The number of hydrogen-bond acceptors (Lipinski definition) is 3. The molecule has 2 amide bonds. The molecule has 0 aromatic heterocycles. The predicted molar refractivity (Wildman–Crippen MR) is 138 cm³/mol. The average Bonchev–Trinajstić information content (AvgIpc) is 3.72. The van der Waals surface area contributed by atoms with Crippen LogP contribution in [0.1, 0.15) is 40.7 Å². The van der Waals surface area contributed by atoms with E-state index in [1.165, 1.54) is 12.1 Å². The normalized spacial score (nSPS) is 19.6. The second kappa shape index (κ2) is 11.1. The van der Waals surface area contributed by atoms with Crippen molar-refractivity contribution in [1.29, 1.82) is 0 Å². The van der Waals surface area contributed by atoms with Crippen molar-refractivity contribution in [2.75, 3.05) is 13.1 Å². The van der Waals surface area contributed by atoms with Gasteiger partial charge in [0.2, 0.25) is 5.91 Å². The van der Waals surface area contributed by atoms with Gasteiger partial charge in [-0.05, 0) is 66.4 Å². The number of carbonyl (C=O) groups is 2. The quantitative estimate of drug-likeness (QED) is 0.461. The molecule has 1 saturated heterocycles. The van der Waals surface area contributed by atoms with Crippen LogP contribution in [0.15, 0.2) is 66.7 Å². The van der Waals surface area contributed by atoms with Gasteiger partial charge < -0.3 is 15.5 Å². The molecule has 0 bridgehead atoms. The van der Waals surface area contributed by atoms with Crippen LogP contribution in [-0.2, 0) is 17.5 Å². The lowest BCUT2D eigenvalue weighted by Gasteiger charge is -2.36. The Balaban J connectivity index is 0.00000320. The van der Waals surface area contributed by atoms with Gasteiger partial charge in [-0.2, -0.15) is 13.2 Å². The van der Waals surface area contributed by atoms with E-state index >= 15 is 0 Å². The maximum Gasteiger partial charge on any atom is 0.416 e. The van der Waals surface area contributed by atoms with Gasteiger partial charge in [0.25, 0.3) is 5.91 Å². The number of nitrogens with zero attached hydrogens (tertiary/aromatic N) is 1. The molecule has 5 nitrogen and oxygen atoms in total. The maximum atomic E-state index is 13.8. The fourth-order valence-electron chi connectivity index (χ4n) is 4.95. The van der Waals surface area contributed by atoms with Crippen LogP contribution in [0, 0.1) is 5.92 Å². The summed E-state index contributed by atoms with van der Waals surface area (Å²) in [5, 5.41) is 8.43. The highest BCUT2D eigenvalue weighted by Gasteiger charge is 2.40. The summed E-state index contributed by atoms with van der Waals surface area (Å²) < 4.78 is 38.6. The van der Waals surface area contributed by atoms with E-state index < -0.39 is 29.6 Å². The van der Waals surface area contributed by atoms with E-state index in [1.54, 1.807) is 0 Å². The zero-order chi connectivity index (χ0) is 25.3. The summed E-state index contributed by atoms with van der Waals surface area (Å²) in [4.78, 5) is 28.6. The molecule has 2 fully saturated rings. The van der Waals surface area contributed by atoms with Gasteiger partial charge in [0.15, 0.2) is 0 Å². The molecule has 2 unspecified atom stereocenters. The molecule has 2 N–H and O–H groups in total. The van der Waals surface area contributed by atoms with Crippen molar-refractivity contribution < 1.29 is 22.8 Å². The minimum atomic E-state index is -4.46. The van der Waals surface area contributed by atoms with Crippen LogP contribution in [0.5, 0.6) is 0 Å². The summed E-state index contributed by atoms with van der Waals surface area (Å²) in [6.07, 6.45) is -1.98. The van der Waals surface area contributed by atoms with Gasteiger partial charge in [-0.25, -0.2) is 0 Å². The number of rotatable bonds is 6. The molecular formula is C28H29ClF3N3O2. The van der Waals surface area contributed by atoms with Crippen LogP contribution in [0.2, 0.25) is 0 Å². The van der Waals surface area contributed by atoms with E-state index in [4.69, 9.17) is 0 Å². The predicted octanol–water partition coefficient (Wildman–Crippen LogP) is 5.18. The Labute approximate surface area is 219 Å². The maximum absolute atomic E-state index is 13.8. The fraction of sp³-hybridized carbons (Fsp3) is 0.357. The Morgan fingerprint density at radius 1 is 0.946 bits per heavy atom. The first-order valence-corrected chi connectivity index (χ1v) is 12.3. The third-order valence-electron chi connectivity index (χ3n) is 7.08. The van der Waals surface area contributed by atoms with Gasteiger partial charge in [-0.1, -0.05) is 42.5 Å². The van der Waals surface area contributed by atoms with E-state index in [-0.39, 0.29) is 29.9 Å². The topological polar surface area (TPSA) is 61.4 Å². The first kappa shape index (κ1) is 26.9. The molecule has 1 heterocycles. The lowest BCUT2D eigenvalue weighted by atomic mass is 9.91. The molecule has 0 spiro atoms. The zero-order valence-electron chi connectivity index (χ0n) is 20.1. The highest BCUT2D eigenvalue weighted by Crippen LogP contribution is 2.33. The van der Waals surface area contributed by atoms with E-state index in [1.807, 2.05) is 29.2 Å². The van der Waals surface area contributed by atoms with E-state index in [0.717, 1.165) is 41.3 Å². The van der Waals surface area contributed by atoms with Crippen molar-refractivity contribution in [3.63, 3.8) is 0 Å². The molecule has 0 radical (unpaired) electrons. The largest absolute Gasteiger partial charge is 0.416 e. The van der Waals surface area contributed by atoms with Gasteiger partial charge >= 0.3 is 6.18 Å². The van der Waals surface area contributed by atoms with Crippen LogP contribution < -0.4 is 10.6 Å². The molecule has 37 heavy (non-hydrogen) atoms. The molecule has 9 heteroatoms. The Bertz CT molecular complexity index is 1260. The van der Waals surface area contributed by atoms with Gasteiger partial charge in [0.05, 0.1) is 11.5 Å². The number of alkyl halides is 3. The number of benzene rings is 3. The number of hydrogen-bond donors (Lipinski definition) is 2. The standard InChI is InChI=1S/C28H28F3N3O2.ClH/c29-28(30,31)21-10-8-19(9-11-21)26(35)33-25-14-15-32-16-24(25)27(36)34(22-12-13-22)17-20-6-3-5-18-4-1-2-7-23(18)20;/h1-11,22,24-25,32H,12-17H2,(H,33,35);1H. The first-order valence-electron chi connectivity index (χ1n) is 12.3. The van der Waals surface area contributed by atoms with Gasteiger partial charge in [0.1, 0.15) is 0 Å². The van der Waals surface area contributed by atoms with Crippen LogP contribution in [-0.4, -0.2) is 41.9 Å². The molecule has 196 valence electrons. The lowest BCUT2D eigenvalue weighted by Crippen LogP contribution is -2.55. The molecule has 1 saturated carbocycles. The molecule has 3 aromatic rings. The summed E-state index contributed by atoms with van der Waals surface area (Å²) in [5.74, 6) is -0.927. The van der Waals surface area contributed by atoms with Crippen molar-refractivity contribution in [1.82, 2.24) is 15.5 Å². The Kier molecular flexibility index (Phi) is 8.09. The number of carbonyl (C=O) groups excluding carboxylic acids is 2. The number of amides is 2. The van der Waals surface area contributed by atoms with Crippen LogP contribution in [0.4, 0.5) is 13.2 Å². The van der Waals surface area contributed by atoms with Gasteiger partial charge in [0, 0.05) is 30.7 Å². The molecule has 1 aliphatic carbocycles. The molecule has 5 rings (SSSR count). The second-order valence-corrected chi connectivity index (χ2v) is 9.59. The highest BCUT2D eigenvalue weighted by molar-refractivity contribution is 5.95. The molecular weight excluding hydrogens is 503 g/mol. The minimum Gasteiger partial charge on any atom is -0.348 e. The van der Waals surface area contributed by atoms with Crippen molar-refractivity contribution in [2.45, 2.75) is 44.1 Å². The van der Waals surface area contributed by atoms with E-state index in [0.29, 0.717) is 26.1 Å². The summed E-state index contributed by atoms with van der Waals surface area (Å²) in [6.45, 7) is 1.59. The Hall–Kier alpha value is -3.10. The highest BCUT2D eigenvalue weighted by atomic mass is 35.5. The van der Waals surface area contributed by atoms with Gasteiger partial charge in [-0.3, -0.25) is 9.59 Å². The first-order chi connectivity index (χ1) is 17.3. The van der Waals surface area contributed by atoms with Crippen molar-refractivity contribution >= 4 is 35.0 Å². The van der Waals surface area contributed by atoms with Gasteiger partial charge in [-0.15, -0.1) is 12.4 Å². The summed E-state index contributed by atoms with van der Waals surface area (Å²) in [6, 6.07) is 18.1. The average molecular weight is 532 g/mol. The third kappa shape index (κ3) is 6.08. The molecule has 1 aliphatic heterocycles. The fourth-order valence-corrected chi connectivity index (χ4v) is 4.95. The van der Waals surface area contributed by atoms with Crippen LogP contribution in [0.3, 0.4) is 0 Å². The van der Waals surface area contributed by atoms with E-state index in [9.17, 15) is 22.8 Å². The van der Waals surface area contributed by atoms with E-state index in [2.05, 4.69) is 28.8 Å². The number of nitrogens with one attached hydrogen (secondary N) is 2. The smallest absolute Gasteiger partial charge is 0.348 e. The molecule has 2 atom stereocenters. The summed E-state index contributed by atoms with van der Waals surface area (Å²) in [7, 11) is 0. The Morgan fingerprint density at radius 2 is 1.65 bits per heavy atom. The summed E-state index contributed by atoms with van der Waals surface area (Å²) in [5.41, 5.74) is 0.424. The number of fused-ring (bicyclic) bond motifs is 1. The van der Waals surface area contributed by atoms with Crippen molar-refractivity contribution in [3.8, 4) is 0 Å². The zero-order valence-corrected chi connectivity index (χ0v) is 20.9. The monoisotopic (exact) mass is 531 g/mol. The van der Waals surface area contributed by atoms with Crippen molar-refractivity contribution in [2.24, 2.45) is 5.92 Å². The SMILES string of the molecule is Cl.O=C(NC1CCNCC1C(=O)N(Cc1cccc2ccccc12)C1CC1)c1ccc(C(F)(F)F)cc1.